The van der Waals surface area contributed by atoms with Crippen LogP contribution in [0.1, 0.15) is 80.8 Å². The summed E-state index contributed by atoms with van der Waals surface area (Å²) < 4.78 is 55.2. The zero-order valence-electron chi connectivity index (χ0n) is 28.7. The number of anilines is 1. The third-order valence-corrected chi connectivity index (χ3v) is 8.80. The molecule has 0 radical (unpaired) electrons. The number of epoxide rings is 1. The van der Waals surface area contributed by atoms with E-state index in [0.717, 1.165) is 31.4 Å². The van der Waals surface area contributed by atoms with Crippen LogP contribution in [0, 0.1) is 11.6 Å². The van der Waals surface area contributed by atoms with Crippen LogP contribution in [-0.2, 0) is 37.0 Å². The van der Waals surface area contributed by atoms with Gasteiger partial charge < -0.3 is 28.6 Å². The van der Waals surface area contributed by atoms with Crippen molar-refractivity contribution >= 4 is 29.4 Å². The molecule has 2 heterocycles. The summed E-state index contributed by atoms with van der Waals surface area (Å²) in [7, 11) is 0. The zero-order chi connectivity index (χ0) is 36.3. The summed E-state index contributed by atoms with van der Waals surface area (Å²) in [6.07, 6.45) is 3.04. The molecule has 2 amide bonds. The Labute approximate surface area is 294 Å². The molecule has 3 aromatic rings. The van der Waals surface area contributed by atoms with Crippen LogP contribution < -0.4 is 14.8 Å². The van der Waals surface area contributed by atoms with Gasteiger partial charge in [0.05, 0.1) is 17.7 Å². The second kappa shape index (κ2) is 15.1. The number of ketones is 1. The van der Waals surface area contributed by atoms with Crippen LogP contribution in [-0.4, -0.2) is 59.1 Å². The number of nitrogens with one attached hydrogen (secondary N) is 1. The maximum absolute atomic E-state index is 14.1. The quantitative estimate of drug-likeness (QED) is 0.181. The molecule has 51 heavy (non-hydrogen) atoms. The second-order valence-corrected chi connectivity index (χ2v) is 13.8. The fourth-order valence-electron chi connectivity index (χ4n) is 6.39. The van der Waals surface area contributed by atoms with Crippen LogP contribution in [0.15, 0.2) is 54.6 Å². The minimum absolute atomic E-state index is 0.0492. The fourth-order valence-corrected chi connectivity index (χ4v) is 6.39. The molecule has 3 aromatic carbocycles. The van der Waals surface area contributed by atoms with Gasteiger partial charge in [0.1, 0.15) is 41.3 Å². The van der Waals surface area contributed by atoms with Gasteiger partial charge in [-0.05, 0) is 82.0 Å². The van der Waals surface area contributed by atoms with Gasteiger partial charge in [-0.3, -0.25) is 14.9 Å². The van der Waals surface area contributed by atoms with E-state index in [9.17, 15) is 28.0 Å². The molecule has 270 valence electrons. The molecule has 1 N–H and O–H groups in total. The van der Waals surface area contributed by atoms with Gasteiger partial charge in [-0.25, -0.2) is 18.4 Å². The van der Waals surface area contributed by atoms with Crippen molar-refractivity contribution in [3.63, 3.8) is 0 Å². The van der Waals surface area contributed by atoms with Gasteiger partial charge in [-0.15, -0.1) is 0 Å². The number of nitrogens with zero attached hydrogens (tertiary/aromatic N) is 1. The van der Waals surface area contributed by atoms with Crippen molar-refractivity contribution in [2.24, 2.45) is 0 Å². The smallest absolute Gasteiger partial charge is 0.411 e. The van der Waals surface area contributed by atoms with Crippen molar-refractivity contribution in [1.82, 2.24) is 4.90 Å². The molecule has 1 saturated heterocycles. The zero-order valence-corrected chi connectivity index (χ0v) is 28.7. The highest BCUT2D eigenvalue weighted by Gasteiger charge is 2.50. The summed E-state index contributed by atoms with van der Waals surface area (Å²) >= 11 is 0. The van der Waals surface area contributed by atoms with E-state index in [1.807, 2.05) is 0 Å². The van der Waals surface area contributed by atoms with E-state index in [-0.39, 0.29) is 60.2 Å². The van der Waals surface area contributed by atoms with Crippen molar-refractivity contribution in [3.05, 3.63) is 82.9 Å². The lowest BCUT2D eigenvalue weighted by Crippen LogP contribution is -2.40. The fraction of sp³-hybridized carbons (Fsp3) is 0.421. The molecule has 0 aromatic heterocycles. The van der Waals surface area contributed by atoms with Gasteiger partial charge in [-0.2, -0.15) is 0 Å². The number of carbonyl (C=O) groups is 4. The van der Waals surface area contributed by atoms with E-state index in [4.69, 9.17) is 23.7 Å². The molecule has 3 atom stereocenters. The minimum Gasteiger partial charge on any atom is -0.481 e. The molecule has 11 nitrogen and oxygen atoms in total. The monoisotopic (exact) mass is 706 g/mol. The number of halogens is 2. The number of Topliss-reactive ketones (excluding diaryl/α,β-unsaturated/α-hetero) is 1. The molecule has 2 fully saturated rings. The SMILES string of the molecule is CC(C)(C)OC(=O)COc1c(COC(=O)Nc2ccc(Oc3ccc(F)c(F)c3)cc2)ccc2c1C(=O)N(C1CCC(=O)CCCCC3OC31)C2. The largest absolute Gasteiger partial charge is 0.481 e. The maximum atomic E-state index is 14.1. The molecule has 0 bridgehead atoms. The summed E-state index contributed by atoms with van der Waals surface area (Å²) in [5.74, 6) is -2.27. The van der Waals surface area contributed by atoms with Gasteiger partial charge in [0.15, 0.2) is 18.2 Å². The van der Waals surface area contributed by atoms with Gasteiger partial charge in [0.2, 0.25) is 0 Å². The Balaban J connectivity index is 1.15. The van der Waals surface area contributed by atoms with E-state index in [2.05, 4.69) is 5.32 Å². The van der Waals surface area contributed by atoms with Crippen molar-refractivity contribution in [1.29, 1.82) is 0 Å². The number of hydrogen-bond donors (Lipinski definition) is 1. The Bertz CT molecular complexity index is 1810. The van der Waals surface area contributed by atoms with Gasteiger partial charge in [0, 0.05) is 36.7 Å². The Kier molecular flexibility index (Phi) is 10.6. The van der Waals surface area contributed by atoms with Crippen molar-refractivity contribution in [3.8, 4) is 17.2 Å². The van der Waals surface area contributed by atoms with E-state index in [1.54, 1.807) is 37.8 Å². The molecule has 13 heteroatoms. The molecule has 3 aliphatic rings. The topological polar surface area (TPSA) is 133 Å². The third-order valence-electron chi connectivity index (χ3n) is 8.80. The van der Waals surface area contributed by atoms with Crippen molar-refractivity contribution in [2.75, 3.05) is 11.9 Å². The first-order valence-corrected chi connectivity index (χ1v) is 17.0. The molecular weight excluding hydrogens is 666 g/mol. The van der Waals surface area contributed by atoms with Gasteiger partial charge >= 0.3 is 12.1 Å². The van der Waals surface area contributed by atoms with E-state index < -0.39 is 35.9 Å². The van der Waals surface area contributed by atoms with Crippen LogP contribution in [0.3, 0.4) is 0 Å². The van der Waals surface area contributed by atoms with Crippen LogP contribution in [0.5, 0.6) is 17.2 Å². The molecule has 1 saturated carbocycles. The maximum Gasteiger partial charge on any atom is 0.411 e. The number of esters is 1. The first kappa shape index (κ1) is 35.8. The summed E-state index contributed by atoms with van der Waals surface area (Å²) in [6, 6.07) is 12.5. The third kappa shape index (κ3) is 9.01. The highest BCUT2D eigenvalue weighted by atomic mass is 19.2. The van der Waals surface area contributed by atoms with Crippen LogP contribution >= 0.6 is 0 Å². The lowest BCUT2D eigenvalue weighted by atomic mass is 9.96. The lowest BCUT2D eigenvalue weighted by molar-refractivity contribution is -0.157. The Morgan fingerprint density at radius 1 is 0.941 bits per heavy atom. The van der Waals surface area contributed by atoms with Crippen molar-refractivity contribution < 1.29 is 51.6 Å². The standard InChI is InChI=1S/C38H40F2N2O9/c1-38(2,3)51-32(44)21-47-34-23(20-48-37(46)41-24-10-13-26(14-11-24)49-27-15-16-28(39)29(40)18-27)9-8-22-19-42(36(45)33(22)34)30-17-12-25(43)6-4-5-7-31-35(30)50-31/h8-11,13-16,18,30-31,35H,4-7,12,17,19-21H2,1-3H3,(H,41,46). The molecule has 3 unspecified atom stereocenters. The highest BCUT2D eigenvalue weighted by molar-refractivity contribution is 6.02. The number of amides is 2. The first-order valence-electron chi connectivity index (χ1n) is 17.0. The molecular formula is C38H40F2N2O9. The van der Waals surface area contributed by atoms with Crippen LogP contribution in [0.2, 0.25) is 0 Å². The summed E-state index contributed by atoms with van der Waals surface area (Å²) in [4.78, 5) is 53.8. The average Bonchev–Trinajstić information content (AvgIpc) is 3.77. The second-order valence-electron chi connectivity index (χ2n) is 13.8. The van der Waals surface area contributed by atoms with Crippen LogP contribution in [0.4, 0.5) is 19.3 Å². The first-order chi connectivity index (χ1) is 24.3. The number of ether oxygens (including phenoxy) is 5. The van der Waals surface area contributed by atoms with E-state index in [1.165, 1.54) is 30.3 Å². The lowest BCUT2D eigenvalue weighted by Gasteiger charge is -2.27. The van der Waals surface area contributed by atoms with Crippen molar-refractivity contribution in [2.45, 2.75) is 96.3 Å². The number of carbonyl (C=O) groups excluding carboxylic acids is 4. The predicted octanol–water partition coefficient (Wildman–Crippen LogP) is 7.24. The van der Waals surface area contributed by atoms with Gasteiger partial charge in [-0.1, -0.05) is 18.6 Å². The van der Waals surface area contributed by atoms with E-state index >= 15 is 0 Å². The number of hydrogen-bond acceptors (Lipinski definition) is 9. The minimum atomic E-state index is -1.04. The molecule has 2 aliphatic heterocycles. The Morgan fingerprint density at radius 3 is 2.45 bits per heavy atom. The Morgan fingerprint density at radius 2 is 1.71 bits per heavy atom. The highest BCUT2D eigenvalue weighted by Crippen LogP contribution is 2.41. The summed E-state index contributed by atoms with van der Waals surface area (Å²) in [5, 5.41) is 2.60. The average molecular weight is 707 g/mol. The van der Waals surface area contributed by atoms with Gasteiger partial charge in [0.25, 0.3) is 5.91 Å². The Hall–Kier alpha value is -5.04. The summed E-state index contributed by atoms with van der Waals surface area (Å²) in [5.41, 5.74) is 0.909. The molecule has 0 spiro atoms. The number of benzene rings is 3. The van der Waals surface area contributed by atoms with E-state index in [0.29, 0.717) is 41.8 Å². The number of fused-ring (bicyclic) bond motifs is 2. The summed E-state index contributed by atoms with van der Waals surface area (Å²) in [6.45, 7) is 4.70. The molecule has 6 rings (SSSR count). The normalized spacial score (nSPS) is 20.2. The molecule has 1 aliphatic carbocycles. The van der Waals surface area contributed by atoms with Crippen LogP contribution in [0.25, 0.3) is 0 Å². The number of rotatable bonds is 9. The predicted molar refractivity (Wildman–Crippen MR) is 179 cm³/mol.